The number of halogens is 2. The fourth-order valence-corrected chi connectivity index (χ4v) is 3.35. The van der Waals surface area contributed by atoms with Crippen molar-refractivity contribution in [3.05, 3.63) is 69.4 Å². The van der Waals surface area contributed by atoms with Crippen LogP contribution in [-0.4, -0.2) is 5.78 Å². The Balaban J connectivity index is 1.87. The molecule has 0 aliphatic heterocycles. The van der Waals surface area contributed by atoms with Crippen LogP contribution in [0.25, 0.3) is 0 Å². The first-order valence-electron chi connectivity index (χ1n) is 7.21. The van der Waals surface area contributed by atoms with Gasteiger partial charge >= 0.3 is 0 Å². The summed E-state index contributed by atoms with van der Waals surface area (Å²) in [6.07, 6.45) is 3.21. The maximum absolute atomic E-state index is 14.0. The molecule has 0 radical (unpaired) electrons. The summed E-state index contributed by atoms with van der Waals surface area (Å²) in [6, 6.07) is 12.9. The van der Waals surface area contributed by atoms with Gasteiger partial charge in [-0.3, -0.25) is 4.79 Å². The molecule has 108 valence electrons. The van der Waals surface area contributed by atoms with Crippen molar-refractivity contribution < 1.29 is 9.18 Å². The van der Waals surface area contributed by atoms with E-state index in [0.717, 1.165) is 34.9 Å². The van der Waals surface area contributed by atoms with Gasteiger partial charge < -0.3 is 0 Å². The Labute approximate surface area is 132 Å². The molecule has 2 aromatic carbocycles. The van der Waals surface area contributed by atoms with Crippen LogP contribution in [0.5, 0.6) is 0 Å². The first-order chi connectivity index (χ1) is 10.1. The van der Waals surface area contributed by atoms with Crippen molar-refractivity contribution in [1.82, 2.24) is 0 Å². The van der Waals surface area contributed by atoms with Crippen LogP contribution in [-0.2, 0) is 12.8 Å². The summed E-state index contributed by atoms with van der Waals surface area (Å²) in [7, 11) is 0. The van der Waals surface area contributed by atoms with Crippen molar-refractivity contribution >= 4 is 21.7 Å². The fraction of sp³-hybridized carbons (Fsp3) is 0.278. The maximum Gasteiger partial charge on any atom is 0.166 e. The van der Waals surface area contributed by atoms with Crippen molar-refractivity contribution in [2.24, 2.45) is 5.92 Å². The SMILES string of the molecule is O=C1c2ccccc2CCCC1Cc1ccc(Br)cc1F. The Morgan fingerprint density at radius 2 is 2.00 bits per heavy atom. The number of aryl methyl sites for hydroxylation is 1. The monoisotopic (exact) mass is 346 g/mol. The van der Waals surface area contributed by atoms with E-state index in [4.69, 9.17) is 0 Å². The lowest BCUT2D eigenvalue weighted by Crippen LogP contribution is -2.17. The lowest BCUT2D eigenvalue weighted by molar-refractivity contribution is 0.0915. The molecule has 0 heterocycles. The zero-order chi connectivity index (χ0) is 14.8. The molecule has 0 aromatic heterocycles. The van der Waals surface area contributed by atoms with E-state index in [1.165, 1.54) is 6.07 Å². The van der Waals surface area contributed by atoms with Gasteiger partial charge in [0.15, 0.2) is 5.78 Å². The Morgan fingerprint density at radius 1 is 1.19 bits per heavy atom. The molecule has 0 saturated heterocycles. The number of carbonyl (C=O) groups excluding carboxylic acids is 1. The number of fused-ring (bicyclic) bond motifs is 1. The fourth-order valence-electron chi connectivity index (χ4n) is 3.02. The van der Waals surface area contributed by atoms with Gasteiger partial charge in [-0.2, -0.15) is 0 Å². The molecule has 0 bridgehead atoms. The minimum absolute atomic E-state index is 0.121. The molecule has 3 heteroatoms. The average Bonchev–Trinajstić information content (AvgIpc) is 2.63. The van der Waals surface area contributed by atoms with E-state index < -0.39 is 0 Å². The van der Waals surface area contributed by atoms with Gasteiger partial charge in [-0.15, -0.1) is 0 Å². The Morgan fingerprint density at radius 3 is 2.81 bits per heavy atom. The molecule has 0 spiro atoms. The molecule has 0 N–H and O–H groups in total. The number of ketones is 1. The Hall–Kier alpha value is -1.48. The van der Waals surface area contributed by atoms with Gasteiger partial charge in [-0.1, -0.05) is 46.3 Å². The van der Waals surface area contributed by atoms with Crippen LogP contribution in [0.2, 0.25) is 0 Å². The summed E-state index contributed by atoms with van der Waals surface area (Å²) in [6.45, 7) is 0. The van der Waals surface area contributed by atoms with E-state index in [-0.39, 0.29) is 17.5 Å². The Kier molecular flexibility index (Phi) is 4.20. The lowest BCUT2D eigenvalue weighted by Gasteiger charge is -2.14. The van der Waals surface area contributed by atoms with Gasteiger partial charge in [0, 0.05) is 16.0 Å². The summed E-state index contributed by atoms with van der Waals surface area (Å²) < 4.78 is 14.7. The average molecular weight is 347 g/mol. The molecule has 0 amide bonds. The Bertz CT molecular complexity index is 681. The van der Waals surface area contributed by atoms with E-state index >= 15 is 0 Å². The normalized spacial score (nSPS) is 18.2. The van der Waals surface area contributed by atoms with Crippen LogP contribution in [0.3, 0.4) is 0 Å². The van der Waals surface area contributed by atoms with Crippen LogP contribution in [0, 0.1) is 11.7 Å². The highest BCUT2D eigenvalue weighted by Gasteiger charge is 2.26. The van der Waals surface area contributed by atoms with Crippen LogP contribution in [0.4, 0.5) is 4.39 Å². The molecule has 21 heavy (non-hydrogen) atoms. The third-order valence-electron chi connectivity index (χ3n) is 4.13. The van der Waals surface area contributed by atoms with Gasteiger partial charge in [-0.05, 0) is 48.9 Å². The van der Waals surface area contributed by atoms with E-state index in [9.17, 15) is 9.18 Å². The predicted octanol–water partition coefficient (Wildman–Crippen LogP) is 4.97. The summed E-state index contributed by atoms with van der Waals surface area (Å²) in [4.78, 5) is 12.7. The molecule has 3 rings (SSSR count). The van der Waals surface area contributed by atoms with E-state index in [0.29, 0.717) is 12.0 Å². The second-order valence-corrected chi connectivity index (χ2v) is 6.47. The van der Waals surface area contributed by atoms with Crippen molar-refractivity contribution in [3.8, 4) is 0 Å². The zero-order valence-corrected chi connectivity index (χ0v) is 13.2. The van der Waals surface area contributed by atoms with Gasteiger partial charge in [0.1, 0.15) is 5.82 Å². The van der Waals surface area contributed by atoms with Crippen molar-refractivity contribution in [2.45, 2.75) is 25.7 Å². The highest BCUT2D eigenvalue weighted by atomic mass is 79.9. The molecule has 1 aliphatic rings. The van der Waals surface area contributed by atoms with Gasteiger partial charge in [-0.25, -0.2) is 4.39 Å². The molecular formula is C18H16BrFO. The first kappa shape index (κ1) is 14.5. The second kappa shape index (κ2) is 6.10. The number of benzene rings is 2. The van der Waals surface area contributed by atoms with Crippen molar-refractivity contribution in [1.29, 1.82) is 0 Å². The maximum atomic E-state index is 14.0. The minimum atomic E-state index is -0.241. The second-order valence-electron chi connectivity index (χ2n) is 5.55. The zero-order valence-electron chi connectivity index (χ0n) is 11.6. The molecule has 1 aliphatic carbocycles. The highest BCUT2D eigenvalue weighted by Crippen LogP contribution is 2.28. The topological polar surface area (TPSA) is 17.1 Å². The summed E-state index contributed by atoms with van der Waals surface area (Å²) in [5.41, 5.74) is 2.56. The van der Waals surface area contributed by atoms with Crippen LogP contribution in [0.15, 0.2) is 46.9 Å². The van der Waals surface area contributed by atoms with Crippen molar-refractivity contribution in [2.75, 3.05) is 0 Å². The van der Waals surface area contributed by atoms with E-state index in [1.807, 2.05) is 30.3 Å². The lowest BCUT2D eigenvalue weighted by atomic mass is 9.89. The molecular weight excluding hydrogens is 331 g/mol. The number of hydrogen-bond acceptors (Lipinski definition) is 1. The molecule has 1 atom stereocenters. The molecule has 2 aromatic rings. The summed E-state index contributed by atoms with van der Waals surface area (Å²) in [5.74, 6) is -0.204. The largest absolute Gasteiger partial charge is 0.294 e. The molecule has 1 unspecified atom stereocenters. The minimum Gasteiger partial charge on any atom is -0.294 e. The smallest absolute Gasteiger partial charge is 0.166 e. The van der Waals surface area contributed by atoms with Crippen LogP contribution in [0.1, 0.15) is 34.3 Å². The van der Waals surface area contributed by atoms with Crippen LogP contribution < -0.4 is 0 Å². The number of Topliss-reactive ketones (excluding diaryl/α,β-unsaturated/α-hetero) is 1. The number of rotatable bonds is 2. The molecule has 1 nitrogen and oxygen atoms in total. The number of carbonyl (C=O) groups is 1. The molecule has 0 saturated carbocycles. The standard InChI is InChI=1S/C18H16BrFO/c19-15-9-8-13(17(20)11-15)10-14-6-3-5-12-4-1-2-7-16(12)18(14)21/h1-2,4,7-9,11,14H,3,5-6,10H2. The quantitative estimate of drug-likeness (QED) is 0.702. The summed E-state index contributed by atoms with van der Waals surface area (Å²) >= 11 is 3.26. The predicted molar refractivity (Wildman–Crippen MR) is 85.0 cm³/mol. The highest BCUT2D eigenvalue weighted by molar-refractivity contribution is 9.10. The van der Waals surface area contributed by atoms with Crippen molar-refractivity contribution in [3.63, 3.8) is 0 Å². The third kappa shape index (κ3) is 3.08. The van der Waals surface area contributed by atoms with Gasteiger partial charge in [0.2, 0.25) is 0 Å². The van der Waals surface area contributed by atoms with Gasteiger partial charge in [0.25, 0.3) is 0 Å². The van der Waals surface area contributed by atoms with Crippen LogP contribution >= 0.6 is 15.9 Å². The van der Waals surface area contributed by atoms with E-state index in [1.54, 1.807) is 6.07 Å². The van der Waals surface area contributed by atoms with E-state index in [2.05, 4.69) is 15.9 Å². The number of hydrogen-bond donors (Lipinski definition) is 0. The summed E-state index contributed by atoms with van der Waals surface area (Å²) in [5, 5.41) is 0. The third-order valence-corrected chi connectivity index (χ3v) is 4.63. The van der Waals surface area contributed by atoms with Gasteiger partial charge in [0.05, 0.1) is 0 Å². The molecule has 0 fully saturated rings. The first-order valence-corrected chi connectivity index (χ1v) is 8.00.